The third-order valence-electron chi connectivity index (χ3n) is 7.18. The third kappa shape index (κ3) is 6.93. The maximum absolute atomic E-state index is 14.5. The molecule has 2 aliphatic heterocycles. The number of aryl methyl sites for hydroxylation is 1. The van der Waals surface area contributed by atoms with Gasteiger partial charge in [0.2, 0.25) is 11.9 Å². The molecule has 0 saturated carbocycles. The number of anilines is 1. The number of nitrogens with zero attached hydrogens (tertiary/aromatic N) is 4. The van der Waals surface area contributed by atoms with Gasteiger partial charge in [-0.2, -0.15) is 0 Å². The first-order chi connectivity index (χ1) is 17.8. The van der Waals surface area contributed by atoms with Gasteiger partial charge in [0.05, 0.1) is 18.9 Å². The molecule has 1 aromatic heterocycles. The highest BCUT2D eigenvalue weighted by Crippen LogP contribution is 2.26. The van der Waals surface area contributed by atoms with Crippen LogP contribution in [0.25, 0.3) is 0 Å². The first kappa shape index (κ1) is 26.8. The summed E-state index contributed by atoms with van der Waals surface area (Å²) in [5.74, 6) is -2.32. The molecule has 2 aliphatic rings. The number of benzene rings is 1. The second-order valence-corrected chi connectivity index (χ2v) is 9.94. The Morgan fingerprint density at radius 1 is 1.11 bits per heavy atom. The van der Waals surface area contributed by atoms with Crippen molar-refractivity contribution < 1.29 is 28.2 Å². The number of carboxylic acids is 1. The van der Waals surface area contributed by atoms with Crippen LogP contribution in [-0.4, -0.2) is 64.6 Å². The zero-order chi connectivity index (χ0) is 26.4. The van der Waals surface area contributed by atoms with Gasteiger partial charge in [0, 0.05) is 56.3 Å². The fraction of sp³-hybridized carbons (Fsp3) is 0.556. The third-order valence-corrected chi connectivity index (χ3v) is 7.18. The monoisotopic (exact) mass is 516 g/mol. The van der Waals surface area contributed by atoms with Crippen molar-refractivity contribution in [1.29, 1.82) is 0 Å². The van der Waals surface area contributed by atoms with Crippen molar-refractivity contribution in [1.82, 2.24) is 14.9 Å². The molecule has 0 bridgehead atoms. The van der Waals surface area contributed by atoms with E-state index in [0.717, 1.165) is 75.3 Å². The van der Waals surface area contributed by atoms with Crippen LogP contribution in [0, 0.1) is 23.5 Å². The minimum Gasteiger partial charge on any atom is -0.493 e. The number of aromatic nitrogens is 2. The van der Waals surface area contributed by atoms with Crippen LogP contribution in [-0.2, 0) is 22.4 Å². The fourth-order valence-corrected chi connectivity index (χ4v) is 4.85. The van der Waals surface area contributed by atoms with Gasteiger partial charge >= 0.3 is 5.97 Å². The van der Waals surface area contributed by atoms with Crippen LogP contribution in [0.5, 0.6) is 5.75 Å². The lowest BCUT2D eigenvalue weighted by Crippen LogP contribution is -2.53. The van der Waals surface area contributed by atoms with Crippen molar-refractivity contribution in [3.63, 3.8) is 0 Å². The van der Waals surface area contributed by atoms with Gasteiger partial charge in [0.1, 0.15) is 17.4 Å². The van der Waals surface area contributed by atoms with Crippen LogP contribution in [0.3, 0.4) is 0 Å². The number of aliphatic carboxylic acids is 1. The number of ether oxygens (including phenoxy) is 1. The van der Waals surface area contributed by atoms with Crippen molar-refractivity contribution in [2.45, 2.75) is 51.9 Å². The molecule has 0 atom stereocenters. The van der Waals surface area contributed by atoms with Crippen molar-refractivity contribution in [2.75, 3.05) is 37.7 Å². The van der Waals surface area contributed by atoms with E-state index < -0.39 is 35.8 Å². The van der Waals surface area contributed by atoms with Crippen LogP contribution in [0.2, 0.25) is 0 Å². The summed E-state index contributed by atoms with van der Waals surface area (Å²) in [5.41, 5.74) is 0.832. The number of carboxylic acid groups (broad SMARTS) is 1. The van der Waals surface area contributed by atoms with Gasteiger partial charge in [-0.15, -0.1) is 0 Å². The zero-order valence-electron chi connectivity index (χ0n) is 21.2. The molecule has 0 radical (unpaired) electrons. The number of carbonyl (C=O) groups is 2. The predicted molar refractivity (Wildman–Crippen MR) is 133 cm³/mol. The van der Waals surface area contributed by atoms with E-state index in [4.69, 9.17) is 9.84 Å². The average Bonchev–Trinajstić information content (AvgIpc) is 2.84. The zero-order valence-corrected chi connectivity index (χ0v) is 21.2. The maximum Gasteiger partial charge on any atom is 0.310 e. The second kappa shape index (κ2) is 12.3. The molecule has 2 saturated heterocycles. The summed E-state index contributed by atoms with van der Waals surface area (Å²) in [5, 5.41) is 8.90. The van der Waals surface area contributed by atoms with Gasteiger partial charge in [-0.3, -0.25) is 9.59 Å². The Balaban J connectivity index is 1.17. The number of carbonyl (C=O) groups excluding carboxylic acids is 1. The van der Waals surface area contributed by atoms with Crippen LogP contribution >= 0.6 is 0 Å². The summed E-state index contributed by atoms with van der Waals surface area (Å²) < 4.78 is 34.6. The van der Waals surface area contributed by atoms with E-state index in [9.17, 15) is 18.4 Å². The van der Waals surface area contributed by atoms with E-state index in [0.29, 0.717) is 12.5 Å². The van der Waals surface area contributed by atoms with Gasteiger partial charge in [0.15, 0.2) is 0 Å². The van der Waals surface area contributed by atoms with Crippen LogP contribution in [0.1, 0.15) is 50.2 Å². The molecule has 200 valence electrons. The highest BCUT2D eigenvalue weighted by molar-refractivity contribution is 5.82. The smallest absolute Gasteiger partial charge is 0.310 e. The average molecular weight is 517 g/mol. The van der Waals surface area contributed by atoms with E-state index in [1.54, 1.807) is 0 Å². The molecule has 4 rings (SSSR count). The Morgan fingerprint density at radius 3 is 2.35 bits per heavy atom. The molecule has 2 fully saturated rings. The maximum atomic E-state index is 14.5. The predicted octanol–water partition coefficient (Wildman–Crippen LogP) is 3.87. The number of hydrogen-bond acceptors (Lipinski definition) is 6. The van der Waals surface area contributed by atoms with E-state index in [-0.39, 0.29) is 24.4 Å². The Labute approximate surface area is 215 Å². The van der Waals surface area contributed by atoms with Crippen molar-refractivity contribution in [3.05, 3.63) is 47.3 Å². The lowest BCUT2D eigenvalue weighted by atomic mass is 9.92. The van der Waals surface area contributed by atoms with E-state index in [2.05, 4.69) is 21.8 Å². The second-order valence-electron chi connectivity index (χ2n) is 9.94. The summed E-state index contributed by atoms with van der Waals surface area (Å²) in [4.78, 5) is 35.6. The number of amides is 1. The number of hydrogen-bond donors (Lipinski definition) is 1. The standard InChI is InChI=1S/C27H34F2N4O4/c1-2-4-19-14-30-27(31-15-19)32-8-6-18(7-9-32)5-3-10-37-21-11-23(28)22(24(29)12-21)13-25(34)33-16-20(17-33)26(35)36/h11-12,14-15,18,20H,2-10,13,16-17H2,1H3,(H,35,36). The number of likely N-dealkylation sites (tertiary alicyclic amines) is 1. The van der Waals surface area contributed by atoms with Crippen molar-refractivity contribution in [3.8, 4) is 5.75 Å². The van der Waals surface area contributed by atoms with Crippen molar-refractivity contribution >= 4 is 17.8 Å². The topological polar surface area (TPSA) is 95.9 Å². The summed E-state index contributed by atoms with van der Waals surface area (Å²) in [7, 11) is 0. The molecule has 1 N–H and O–H groups in total. The van der Waals surface area contributed by atoms with E-state index in [1.165, 1.54) is 4.90 Å². The molecular weight excluding hydrogens is 482 g/mol. The lowest BCUT2D eigenvalue weighted by Gasteiger charge is -2.36. The van der Waals surface area contributed by atoms with Crippen LogP contribution in [0.15, 0.2) is 24.5 Å². The number of halogens is 2. The molecule has 0 spiro atoms. The van der Waals surface area contributed by atoms with E-state index >= 15 is 0 Å². The Kier molecular flexibility index (Phi) is 8.89. The van der Waals surface area contributed by atoms with Crippen LogP contribution in [0.4, 0.5) is 14.7 Å². The van der Waals surface area contributed by atoms with Gasteiger partial charge in [-0.1, -0.05) is 13.3 Å². The molecule has 2 aromatic rings. The van der Waals surface area contributed by atoms with Crippen LogP contribution < -0.4 is 9.64 Å². The normalized spacial score (nSPS) is 16.5. The van der Waals surface area contributed by atoms with Gasteiger partial charge in [0.25, 0.3) is 0 Å². The Hall–Kier alpha value is -3.30. The SMILES string of the molecule is CCCc1cnc(N2CCC(CCCOc3cc(F)c(CC(=O)N4CC(C(=O)O)C4)c(F)c3)CC2)nc1. The Bertz CT molecular complexity index is 1060. The summed E-state index contributed by atoms with van der Waals surface area (Å²) >= 11 is 0. The van der Waals surface area contributed by atoms with E-state index in [1.807, 2.05) is 12.4 Å². The lowest BCUT2D eigenvalue weighted by molar-refractivity contribution is -0.152. The first-order valence-electron chi connectivity index (χ1n) is 13.0. The van der Waals surface area contributed by atoms with Crippen molar-refractivity contribution in [2.24, 2.45) is 11.8 Å². The fourth-order valence-electron chi connectivity index (χ4n) is 4.85. The Morgan fingerprint density at radius 2 is 1.76 bits per heavy atom. The molecule has 0 unspecified atom stereocenters. The first-order valence-corrected chi connectivity index (χ1v) is 13.0. The minimum atomic E-state index is -0.976. The van der Waals surface area contributed by atoms with Gasteiger partial charge in [-0.25, -0.2) is 18.7 Å². The molecule has 37 heavy (non-hydrogen) atoms. The summed E-state index contributed by atoms with van der Waals surface area (Å²) in [6, 6.07) is 2.21. The molecule has 8 nitrogen and oxygen atoms in total. The largest absolute Gasteiger partial charge is 0.493 e. The van der Waals surface area contributed by atoms with Gasteiger partial charge < -0.3 is 19.6 Å². The number of rotatable bonds is 11. The highest BCUT2D eigenvalue weighted by Gasteiger charge is 2.36. The molecular formula is C27H34F2N4O4. The minimum absolute atomic E-state index is 0.0670. The summed E-state index contributed by atoms with van der Waals surface area (Å²) in [6.07, 6.45) is 9.25. The molecule has 3 heterocycles. The molecule has 1 amide bonds. The number of piperidine rings is 1. The molecule has 10 heteroatoms. The van der Waals surface area contributed by atoms with Gasteiger partial charge in [-0.05, 0) is 43.6 Å². The highest BCUT2D eigenvalue weighted by atomic mass is 19.1. The molecule has 1 aromatic carbocycles. The summed E-state index contributed by atoms with van der Waals surface area (Å²) in [6.45, 7) is 4.43. The quantitative estimate of drug-likeness (QED) is 0.453. The molecule has 0 aliphatic carbocycles.